The van der Waals surface area contributed by atoms with Gasteiger partial charge in [-0.1, -0.05) is 0 Å². The second kappa shape index (κ2) is 2.20. The minimum Gasteiger partial charge on any atom is -0.384 e. The zero-order valence-electron chi connectivity index (χ0n) is 7.07. The highest BCUT2D eigenvalue weighted by Crippen LogP contribution is 2.09. The second-order valence-corrected chi connectivity index (χ2v) is 2.88. The molecule has 0 spiro atoms. The number of nitrogen functional groups attached to an aromatic ring is 1. The van der Waals surface area contributed by atoms with Crippen LogP contribution in [0.2, 0.25) is 0 Å². The molecule has 0 saturated carbocycles. The van der Waals surface area contributed by atoms with Gasteiger partial charge in [-0.15, -0.1) is 0 Å². The highest BCUT2D eigenvalue weighted by Gasteiger charge is 2.02. The van der Waals surface area contributed by atoms with E-state index in [1.807, 2.05) is 19.9 Å². The highest BCUT2D eigenvalue weighted by atomic mass is 15.3. The van der Waals surface area contributed by atoms with Crippen molar-refractivity contribution in [2.24, 2.45) is 0 Å². The van der Waals surface area contributed by atoms with Crippen LogP contribution < -0.4 is 5.73 Å². The summed E-state index contributed by atoms with van der Waals surface area (Å²) < 4.78 is 1.64. The van der Waals surface area contributed by atoms with Gasteiger partial charge in [-0.3, -0.25) is 0 Å². The molecular weight excluding hydrogens is 152 g/mol. The summed E-state index contributed by atoms with van der Waals surface area (Å²) in [6.45, 7) is 3.84. The number of hydrogen-bond acceptors (Lipinski definition) is 3. The third-order valence-electron chi connectivity index (χ3n) is 1.70. The van der Waals surface area contributed by atoms with Crippen molar-refractivity contribution in [3.63, 3.8) is 0 Å². The summed E-state index contributed by atoms with van der Waals surface area (Å²) in [5.74, 6) is 0.630. The van der Waals surface area contributed by atoms with Gasteiger partial charge in [0, 0.05) is 17.8 Å². The Morgan fingerprint density at radius 2 is 2.00 bits per heavy atom. The number of hydrogen-bond donors (Lipinski definition) is 1. The van der Waals surface area contributed by atoms with Crippen molar-refractivity contribution in [3.8, 4) is 0 Å². The normalized spacial score (nSPS) is 10.8. The van der Waals surface area contributed by atoms with E-state index >= 15 is 0 Å². The molecule has 2 aromatic rings. The Labute approximate surface area is 70.0 Å². The van der Waals surface area contributed by atoms with Crippen molar-refractivity contribution >= 4 is 11.5 Å². The molecule has 62 valence electrons. The Balaban J connectivity index is 2.88. The molecule has 2 heterocycles. The predicted octanol–water partition coefficient (Wildman–Crippen LogP) is 0.928. The van der Waals surface area contributed by atoms with Gasteiger partial charge < -0.3 is 5.73 Å². The minimum absolute atomic E-state index is 0.630. The number of rotatable bonds is 0. The van der Waals surface area contributed by atoms with E-state index in [1.54, 1.807) is 10.6 Å². The number of anilines is 1. The van der Waals surface area contributed by atoms with Gasteiger partial charge in [0.1, 0.15) is 5.82 Å². The van der Waals surface area contributed by atoms with E-state index < -0.39 is 0 Å². The first-order chi connectivity index (χ1) is 5.66. The molecule has 0 aromatic carbocycles. The summed E-state index contributed by atoms with van der Waals surface area (Å²) in [4.78, 5) is 4.28. The molecule has 12 heavy (non-hydrogen) atoms. The second-order valence-electron chi connectivity index (χ2n) is 2.88. The van der Waals surface area contributed by atoms with Crippen LogP contribution >= 0.6 is 0 Å². The fourth-order valence-corrected chi connectivity index (χ4v) is 1.24. The van der Waals surface area contributed by atoms with Gasteiger partial charge >= 0.3 is 0 Å². The molecule has 0 saturated heterocycles. The lowest BCUT2D eigenvalue weighted by Crippen LogP contribution is -2.00. The van der Waals surface area contributed by atoms with E-state index in [0.717, 1.165) is 17.0 Å². The van der Waals surface area contributed by atoms with Crippen LogP contribution in [0.5, 0.6) is 0 Å². The molecule has 0 aliphatic carbocycles. The van der Waals surface area contributed by atoms with Crippen LogP contribution in [0.4, 0.5) is 5.82 Å². The maximum absolute atomic E-state index is 5.73. The van der Waals surface area contributed by atoms with Gasteiger partial charge in [0.2, 0.25) is 0 Å². The molecule has 0 aliphatic heterocycles. The molecule has 0 amide bonds. The largest absolute Gasteiger partial charge is 0.384 e. The molecule has 0 atom stereocenters. The number of aryl methyl sites for hydroxylation is 2. The lowest BCUT2D eigenvalue weighted by Gasteiger charge is -1.98. The summed E-state index contributed by atoms with van der Waals surface area (Å²) in [5.41, 5.74) is 8.39. The summed E-state index contributed by atoms with van der Waals surface area (Å²) in [6, 6.07) is 3.71. The van der Waals surface area contributed by atoms with E-state index in [1.165, 1.54) is 0 Å². The third-order valence-corrected chi connectivity index (χ3v) is 1.70. The van der Waals surface area contributed by atoms with Gasteiger partial charge in [-0.25, -0.2) is 4.98 Å². The number of nitrogens with zero attached hydrogens (tertiary/aromatic N) is 3. The van der Waals surface area contributed by atoms with Crippen molar-refractivity contribution in [3.05, 3.63) is 23.5 Å². The Hall–Kier alpha value is -1.58. The average Bonchev–Trinajstić information content (AvgIpc) is 2.29. The van der Waals surface area contributed by atoms with Crippen LogP contribution in [0.3, 0.4) is 0 Å². The van der Waals surface area contributed by atoms with Gasteiger partial charge in [0.25, 0.3) is 0 Å². The zero-order valence-corrected chi connectivity index (χ0v) is 7.07. The van der Waals surface area contributed by atoms with Crippen molar-refractivity contribution < 1.29 is 0 Å². The van der Waals surface area contributed by atoms with Crippen molar-refractivity contribution in [1.82, 2.24) is 14.6 Å². The van der Waals surface area contributed by atoms with Crippen LogP contribution in [0.1, 0.15) is 11.4 Å². The third kappa shape index (κ3) is 0.922. The quantitative estimate of drug-likeness (QED) is 0.627. The molecule has 2 N–H and O–H groups in total. The molecule has 0 radical (unpaired) electrons. The molecule has 4 heteroatoms. The van der Waals surface area contributed by atoms with Crippen LogP contribution in [0.25, 0.3) is 5.65 Å². The molecular formula is C8H10N4. The van der Waals surface area contributed by atoms with Crippen LogP contribution in [-0.2, 0) is 0 Å². The first-order valence-electron chi connectivity index (χ1n) is 3.76. The topological polar surface area (TPSA) is 56.2 Å². The predicted molar refractivity (Wildman–Crippen MR) is 46.9 cm³/mol. The molecule has 0 unspecified atom stereocenters. The standard InChI is InChI=1S/C8H10N4/c1-5-3-7(9)12-8(10-5)4-6(2)11-12/h3-4H,9H2,1-2H3. The van der Waals surface area contributed by atoms with Gasteiger partial charge in [0.05, 0.1) is 5.69 Å². The Bertz CT molecular complexity index is 430. The number of fused-ring (bicyclic) bond motifs is 1. The van der Waals surface area contributed by atoms with Crippen LogP contribution in [-0.4, -0.2) is 14.6 Å². The maximum Gasteiger partial charge on any atom is 0.157 e. The molecule has 2 rings (SSSR count). The lowest BCUT2D eigenvalue weighted by atomic mass is 10.4. The van der Waals surface area contributed by atoms with E-state index in [0.29, 0.717) is 5.82 Å². The van der Waals surface area contributed by atoms with E-state index in [2.05, 4.69) is 10.1 Å². The van der Waals surface area contributed by atoms with Crippen molar-refractivity contribution in [2.45, 2.75) is 13.8 Å². The molecule has 0 bridgehead atoms. The Morgan fingerprint density at radius 1 is 1.25 bits per heavy atom. The van der Waals surface area contributed by atoms with Crippen molar-refractivity contribution in [2.75, 3.05) is 5.73 Å². The maximum atomic E-state index is 5.73. The summed E-state index contributed by atoms with van der Waals surface area (Å²) in [5, 5.41) is 4.18. The fourth-order valence-electron chi connectivity index (χ4n) is 1.24. The Morgan fingerprint density at radius 3 is 2.75 bits per heavy atom. The zero-order chi connectivity index (χ0) is 8.72. The van der Waals surface area contributed by atoms with Crippen LogP contribution in [0, 0.1) is 13.8 Å². The first kappa shape index (κ1) is 7.09. The van der Waals surface area contributed by atoms with Gasteiger partial charge in [-0.05, 0) is 13.8 Å². The summed E-state index contributed by atoms with van der Waals surface area (Å²) >= 11 is 0. The molecule has 0 fully saturated rings. The first-order valence-corrected chi connectivity index (χ1v) is 3.76. The van der Waals surface area contributed by atoms with E-state index in [-0.39, 0.29) is 0 Å². The molecule has 4 nitrogen and oxygen atoms in total. The minimum atomic E-state index is 0.630. The summed E-state index contributed by atoms with van der Waals surface area (Å²) in [6.07, 6.45) is 0. The SMILES string of the molecule is Cc1cc(N)n2nc(C)cc2n1. The van der Waals surface area contributed by atoms with Crippen LogP contribution in [0.15, 0.2) is 12.1 Å². The van der Waals surface area contributed by atoms with Gasteiger partial charge in [0.15, 0.2) is 5.65 Å². The van der Waals surface area contributed by atoms with Crippen molar-refractivity contribution in [1.29, 1.82) is 0 Å². The lowest BCUT2D eigenvalue weighted by molar-refractivity contribution is 0.921. The number of aromatic nitrogens is 3. The highest BCUT2D eigenvalue weighted by molar-refractivity contribution is 5.47. The number of nitrogens with two attached hydrogens (primary N) is 1. The smallest absolute Gasteiger partial charge is 0.157 e. The Kier molecular flexibility index (Phi) is 1.30. The molecule has 2 aromatic heterocycles. The van der Waals surface area contributed by atoms with Gasteiger partial charge in [-0.2, -0.15) is 9.61 Å². The van der Waals surface area contributed by atoms with E-state index in [9.17, 15) is 0 Å². The van der Waals surface area contributed by atoms with E-state index in [4.69, 9.17) is 5.73 Å². The fraction of sp³-hybridized carbons (Fsp3) is 0.250. The monoisotopic (exact) mass is 162 g/mol. The summed E-state index contributed by atoms with van der Waals surface area (Å²) in [7, 11) is 0. The average molecular weight is 162 g/mol. The molecule has 0 aliphatic rings.